The van der Waals surface area contributed by atoms with Crippen molar-refractivity contribution >= 4 is 35.1 Å². The van der Waals surface area contributed by atoms with E-state index < -0.39 is 6.23 Å². The van der Waals surface area contributed by atoms with E-state index in [0.29, 0.717) is 22.5 Å². The summed E-state index contributed by atoms with van der Waals surface area (Å²) in [6, 6.07) is 19.3. The number of hydrogen-bond donors (Lipinski definition) is 1. The van der Waals surface area contributed by atoms with Gasteiger partial charge in [0.1, 0.15) is 5.76 Å². The third-order valence-electron chi connectivity index (χ3n) is 4.65. The van der Waals surface area contributed by atoms with Crippen LogP contribution in [0.15, 0.2) is 82.6 Å². The van der Waals surface area contributed by atoms with Crippen LogP contribution in [-0.4, -0.2) is 21.4 Å². The van der Waals surface area contributed by atoms with Gasteiger partial charge < -0.3 is 14.5 Å². The lowest BCUT2D eigenvalue weighted by molar-refractivity contribution is 0.266. The van der Waals surface area contributed by atoms with Crippen LogP contribution in [0.25, 0.3) is 17.3 Å². The second kappa shape index (κ2) is 8.83. The zero-order valence-electron chi connectivity index (χ0n) is 16.2. The molecule has 3 heterocycles. The molecule has 0 unspecified atom stereocenters. The fourth-order valence-electron chi connectivity index (χ4n) is 3.14. The molecule has 2 aromatic carbocycles. The Morgan fingerprint density at radius 1 is 1.03 bits per heavy atom. The minimum Gasteiger partial charge on any atom is -0.465 e. The van der Waals surface area contributed by atoms with Gasteiger partial charge in [0.25, 0.3) is 0 Å². The molecular weight excluding hydrogens is 432 g/mol. The molecule has 2 aromatic heterocycles. The summed E-state index contributed by atoms with van der Waals surface area (Å²) in [5, 5.41) is 13.3. The van der Waals surface area contributed by atoms with Crippen LogP contribution >= 0.6 is 23.4 Å². The molecule has 0 saturated heterocycles. The number of anilines is 1. The Labute approximate surface area is 188 Å². The quantitative estimate of drug-likeness (QED) is 0.380. The summed E-state index contributed by atoms with van der Waals surface area (Å²) in [6.45, 7) is 0. The highest BCUT2D eigenvalue weighted by Crippen LogP contribution is 2.37. The predicted molar refractivity (Wildman–Crippen MR) is 122 cm³/mol. The van der Waals surface area contributed by atoms with Crippen molar-refractivity contribution in [2.45, 2.75) is 17.1 Å². The Kier molecular flexibility index (Phi) is 5.60. The van der Waals surface area contributed by atoms with Gasteiger partial charge in [-0.3, -0.25) is 0 Å². The Balaban J connectivity index is 1.44. The highest BCUT2D eigenvalue weighted by molar-refractivity contribution is 7.98. The van der Waals surface area contributed by atoms with Crippen LogP contribution in [0.2, 0.25) is 5.02 Å². The van der Waals surface area contributed by atoms with E-state index in [0.717, 1.165) is 27.6 Å². The number of halogens is 1. The molecule has 1 atom stereocenters. The number of fused-ring (bicyclic) bond motifs is 3. The van der Waals surface area contributed by atoms with Crippen LogP contribution < -0.4 is 10.1 Å². The maximum absolute atomic E-state index is 6.26. The molecule has 31 heavy (non-hydrogen) atoms. The van der Waals surface area contributed by atoms with E-state index in [-0.39, 0.29) is 0 Å². The van der Waals surface area contributed by atoms with E-state index in [1.165, 1.54) is 11.8 Å². The smallest absolute Gasteiger partial charge is 0.247 e. The molecule has 0 bridgehead atoms. The third-order valence-corrected chi connectivity index (χ3v) is 5.90. The molecule has 0 radical (unpaired) electrons. The predicted octanol–water partition coefficient (Wildman–Crippen LogP) is 5.92. The topological polar surface area (TPSA) is 73.1 Å². The normalized spacial score (nSPS) is 14.9. The van der Waals surface area contributed by atoms with Crippen LogP contribution in [0.4, 0.5) is 5.69 Å². The van der Waals surface area contributed by atoms with Crippen molar-refractivity contribution in [2.24, 2.45) is 0 Å². The number of thioether (sulfide) groups is 1. The molecule has 154 valence electrons. The second-order valence-electron chi connectivity index (χ2n) is 6.73. The van der Waals surface area contributed by atoms with Crippen molar-refractivity contribution in [3.05, 3.63) is 89.3 Å². The van der Waals surface area contributed by atoms with Gasteiger partial charge in [0.15, 0.2) is 11.9 Å². The lowest BCUT2D eigenvalue weighted by Gasteiger charge is -2.15. The Morgan fingerprint density at radius 3 is 2.77 bits per heavy atom. The summed E-state index contributed by atoms with van der Waals surface area (Å²) in [5.74, 6) is 1.79. The number of hydrogen-bond acceptors (Lipinski definition) is 7. The van der Waals surface area contributed by atoms with Gasteiger partial charge >= 0.3 is 0 Å². The summed E-state index contributed by atoms with van der Waals surface area (Å²) in [4.78, 5) is 4.64. The maximum Gasteiger partial charge on any atom is 0.247 e. The maximum atomic E-state index is 6.26. The number of para-hydroxylation sites is 1. The molecular formula is C23H17ClN4O2S. The number of rotatable bonds is 5. The molecule has 5 rings (SSSR count). The summed E-state index contributed by atoms with van der Waals surface area (Å²) in [6.07, 6.45) is 4.91. The molecule has 8 heteroatoms. The lowest BCUT2D eigenvalue weighted by Crippen LogP contribution is -2.23. The van der Waals surface area contributed by atoms with E-state index >= 15 is 0 Å². The van der Waals surface area contributed by atoms with Crippen LogP contribution in [0.5, 0.6) is 5.88 Å². The fraction of sp³-hybridized carbons (Fsp3) is 0.0870. The van der Waals surface area contributed by atoms with Gasteiger partial charge in [-0.05, 0) is 42.0 Å². The standard InChI is InChI=1S/C23H17ClN4O2S/c24-18-9-3-1-6-15(18)14-31-23-26-22-21(27-28-23)17-8-2-4-10-19(17)25-20(30-22)12-11-16-7-5-13-29-16/h1-13,20,25H,14H2/b12-11+/t20-/m0/s1. The van der Waals surface area contributed by atoms with Crippen molar-refractivity contribution in [3.63, 3.8) is 0 Å². The van der Waals surface area contributed by atoms with Crippen molar-refractivity contribution < 1.29 is 9.15 Å². The number of aromatic nitrogens is 3. The molecule has 1 aliphatic rings. The van der Waals surface area contributed by atoms with Gasteiger partial charge in [0.05, 0.1) is 6.26 Å². The Bertz CT molecular complexity index is 1230. The number of nitrogens with one attached hydrogen (secondary N) is 1. The first-order valence-corrected chi connectivity index (χ1v) is 11.0. The second-order valence-corrected chi connectivity index (χ2v) is 8.08. The van der Waals surface area contributed by atoms with Gasteiger partial charge in [0.2, 0.25) is 11.0 Å². The molecule has 0 fully saturated rings. The summed E-state index contributed by atoms with van der Waals surface area (Å²) < 4.78 is 11.5. The number of ether oxygens (including phenoxy) is 1. The van der Waals surface area contributed by atoms with Gasteiger partial charge in [-0.1, -0.05) is 59.8 Å². The Morgan fingerprint density at radius 2 is 1.90 bits per heavy atom. The highest BCUT2D eigenvalue weighted by Gasteiger charge is 2.23. The van der Waals surface area contributed by atoms with E-state index in [1.54, 1.807) is 6.26 Å². The SMILES string of the molecule is Clc1ccccc1CSc1nnc2c(n1)O[C@@H](/C=C/c1ccco1)Nc1ccccc1-2. The third kappa shape index (κ3) is 4.42. The first-order valence-electron chi connectivity index (χ1n) is 9.61. The van der Waals surface area contributed by atoms with Crippen LogP contribution in [-0.2, 0) is 5.75 Å². The zero-order chi connectivity index (χ0) is 21.0. The van der Waals surface area contributed by atoms with Crippen molar-refractivity contribution in [1.82, 2.24) is 15.2 Å². The first kappa shape index (κ1) is 19.7. The monoisotopic (exact) mass is 448 g/mol. The van der Waals surface area contributed by atoms with E-state index in [1.807, 2.05) is 72.8 Å². The highest BCUT2D eigenvalue weighted by atomic mass is 35.5. The minimum absolute atomic E-state index is 0.420. The molecule has 1 N–H and O–H groups in total. The average molecular weight is 449 g/mol. The van der Waals surface area contributed by atoms with Crippen molar-refractivity contribution in [1.29, 1.82) is 0 Å². The van der Waals surface area contributed by atoms with Gasteiger partial charge in [0, 0.05) is 22.0 Å². The molecule has 4 aromatic rings. The molecule has 0 spiro atoms. The largest absolute Gasteiger partial charge is 0.465 e. The minimum atomic E-state index is -0.453. The van der Waals surface area contributed by atoms with E-state index in [9.17, 15) is 0 Å². The molecule has 1 aliphatic heterocycles. The van der Waals surface area contributed by atoms with E-state index in [4.69, 9.17) is 20.8 Å². The number of benzene rings is 2. The number of nitrogens with zero attached hydrogens (tertiary/aromatic N) is 3. The number of furan rings is 1. The van der Waals surface area contributed by atoms with Crippen molar-refractivity contribution in [2.75, 3.05) is 5.32 Å². The average Bonchev–Trinajstić information content (AvgIpc) is 3.26. The van der Waals surface area contributed by atoms with Gasteiger partial charge in [-0.25, -0.2) is 0 Å². The van der Waals surface area contributed by atoms with Crippen LogP contribution in [0, 0.1) is 0 Å². The van der Waals surface area contributed by atoms with E-state index in [2.05, 4.69) is 20.5 Å². The van der Waals surface area contributed by atoms with Gasteiger partial charge in [-0.15, -0.1) is 10.2 Å². The molecule has 0 aliphatic carbocycles. The van der Waals surface area contributed by atoms with Gasteiger partial charge in [-0.2, -0.15) is 4.98 Å². The van der Waals surface area contributed by atoms with Crippen LogP contribution in [0.3, 0.4) is 0 Å². The fourth-order valence-corrected chi connectivity index (χ4v) is 4.21. The van der Waals surface area contributed by atoms with Crippen LogP contribution in [0.1, 0.15) is 11.3 Å². The summed E-state index contributed by atoms with van der Waals surface area (Å²) in [7, 11) is 0. The summed E-state index contributed by atoms with van der Waals surface area (Å²) in [5.41, 5.74) is 3.39. The first-order chi connectivity index (χ1) is 15.3. The molecule has 0 amide bonds. The Hall–Kier alpha value is -3.29. The zero-order valence-corrected chi connectivity index (χ0v) is 17.8. The molecule has 0 saturated carbocycles. The summed E-state index contributed by atoms with van der Waals surface area (Å²) >= 11 is 7.72. The lowest BCUT2D eigenvalue weighted by atomic mass is 10.1. The molecule has 6 nitrogen and oxygen atoms in total. The van der Waals surface area contributed by atoms with Crippen molar-refractivity contribution in [3.8, 4) is 17.1 Å².